The zero-order chi connectivity index (χ0) is 108. The van der Waals surface area contributed by atoms with Gasteiger partial charge in [-0.25, -0.2) is 87.8 Å². The lowest BCUT2D eigenvalue weighted by Crippen LogP contribution is -2.29. The smallest absolute Gasteiger partial charge is 0.402 e. The summed E-state index contributed by atoms with van der Waals surface area (Å²) in [5.41, 5.74) is 21.3. The van der Waals surface area contributed by atoms with Gasteiger partial charge in [0.15, 0.2) is 93.1 Å². The van der Waals surface area contributed by atoms with Gasteiger partial charge < -0.3 is 15.1 Å². The Bertz CT molecular complexity index is 6130. The summed E-state index contributed by atoms with van der Waals surface area (Å²) >= 11 is 0. The molecule has 0 aliphatic carbocycles. The first-order valence-corrected chi connectivity index (χ1v) is 49.9. The molecule has 0 bridgehead atoms. The molecule has 0 saturated carbocycles. The van der Waals surface area contributed by atoms with E-state index in [1.54, 1.807) is 24.3 Å². The van der Waals surface area contributed by atoms with Crippen LogP contribution in [0.4, 0.5) is 87.8 Å². The van der Waals surface area contributed by atoms with Crippen LogP contribution >= 0.6 is 23.8 Å². The molecule has 3 N–H and O–H groups in total. The van der Waals surface area contributed by atoms with Crippen molar-refractivity contribution >= 4 is 78.8 Å². The van der Waals surface area contributed by atoms with Crippen LogP contribution in [0.2, 0.25) is 0 Å². The molecule has 0 unspecified atom stereocenters. The predicted octanol–water partition coefficient (Wildman–Crippen LogP) is 30.0. The molecule has 0 amide bonds. The second kappa shape index (κ2) is 51.8. The summed E-state index contributed by atoms with van der Waals surface area (Å²) < 4.78 is 261. The summed E-state index contributed by atoms with van der Waals surface area (Å²) in [6.45, 7) is 40.7. The maximum Gasteiger partial charge on any atom is 0.631 e. The zero-order valence-corrected chi connectivity index (χ0v) is 86.1. The monoisotopic (exact) mass is 2080 g/mol. The summed E-state index contributed by atoms with van der Waals surface area (Å²) in [5, 5.41) is 35.2. The highest BCUT2D eigenvalue weighted by atomic mass is 31.1. The molecular weight excluding hydrogens is 1970 g/mol. The first-order valence-electron chi connectivity index (χ1n) is 45.9. The summed E-state index contributed by atoms with van der Waals surface area (Å²) in [6.07, 6.45) is 0. The third kappa shape index (κ3) is 26.4. The molecule has 760 valence electrons. The minimum Gasteiger partial charge on any atom is -0.402 e. The van der Waals surface area contributed by atoms with Crippen molar-refractivity contribution in [1.82, 2.24) is 0 Å². The van der Waals surface area contributed by atoms with Crippen LogP contribution in [-0.2, 0) is 0 Å². The Kier molecular flexibility index (Phi) is 40.7. The fourth-order valence-electron chi connectivity index (χ4n) is 17.3. The number of halogens is 20. The molecule has 0 aliphatic rings. The molecule has 0 aromatic heterocycles. The fourth-order valence-corrected chi connectivity index (χ4v) is 27.0. The van der Waals surface area contributed by atoms with Crippen molar-refractivity contribution in [2.75, 3.05) is 0 Å². The Morgan fingerprint density at radius 1 is 0.129 bits per heavy atom. The SMILES string of the molecule is Cc1cccc(C)c1P(c1c(C)cccc1C)c1c(C)cccc1C.Cc1cccc(C)c1P(c1c(C)cccc1C)c1c(C)cccc1C.Cc1cccc(C)c1P(c1c(C)cccc1C)c1c(C)cccc1C.Fc1c(F)c(F)c(-c2ccccc2)c(F)c1F.Fc1c(F)c(F)c(-c2ccccc2)c(F)c1F.Fc1c(F)c(F)c(-c2ccccc2)c(F)c1F.Fc1c(F)c(F)c(-c2ccccc2)c(F)c1F.OB(O)O. The van der Waals surface area contributed by atoms with Gasteiger partial charge in [0.1, 0.15) is 0 Å². The average molecular weight is 2080 g/mol. The van der Waals surface area contributed by atoms with Crippen LogP contribution in [-0.4, -0.2) is 22.4 Å². The van der Waals surface area contributed by atoms with Crippen LogP contribution in [0.5, 0.6) is 0 Å². The van der Waals surface area contributed by atoms with Crippen molar-refractivity contribution in [1.29, 1.82) is 0 Å². The fraction of sp³-hybridized carbons (Fsp3) is 0.150. The Hall–Kier alpha value is -13.4. The molecule has 0 heterocycles. The van der Waals surface area contributed by atoms with Gasteiger partial charge >= 0.3 is 7.32 Å². The second-order valence-electron chi connectivity index (χ2n) is 34.8. The van der Waals surface area contributed by atoms with Gasteiger partial charge in [0.05, 0.1) is 22.3 Å². The van der Waals surface area contributed by atoms with Gasteiger partial charge in [-0.1, -0.05) is 285 Å². The van der Waals surface area contributed by atoms with E-state index < -0.39 is 170 Å². The van der Waals surface area contributed by atoms with Gasteiger partial charge in [0.25, 0.3) is 0 Å². The lowest BCUT2D eigenvalue weighted by atomic mass is 10.0. The van der Waals surface area contributed by atoms with E-state index in [1.807, 2.05) is 0 Å². The van der Waals surface area contributed by atoms with Crippen LogP contribution in [0.1, 0.15) is 100 Å². The van der Waals surface area contributed by atoms with E-state index in [0.717, 1.165) is 0 Å². The van der Waals surface area contributed by atoms with Crippen LogP contribution in [0, 0.1) is 241 Å². The molecule has 0 radical (unpaired) electrons. The van der Waals surface area contributed by atoms with Crippen molar-refractivity contribution in [2.24, 2.45) is 0 Å². The third-order valence-corrected chi connectivity index (χ3v) is 34.4. The largest absolute Gasteiger partial charge is 0.631 e. The van der Waals surface area contributed by atoms with Gasteiger partial charge in [0, 0.05) is 0 Å². The Labute approximate surface area is 847 Å². The summed E-state index contributed by atoms with van der Waals surface area (Å²) in [5.74, 6) is -38.8. The predicted molar refractivity (Wildman–Crippen MR) is 560 cm³/mol. The van der Waals surface area contributed by atoms with Crippen LogP contribution in [0.15, 0.2) is 285 Å². The second-order valence-corrected chi connectivity index (χ2v) is 40.8. The highest BCUT2D eigenvalue weighted by molar-refractivity contribution is 7.81. The number of hydrogen-bond donors (Lipinski definition) is 3. The van der Waals surface area contributed by atoms with Crippen molar-refractivity contribution in [3.8, 4) is 44.5 Å². The van der Waals surface area contributed by atoms with Crippen molar-refractivity contribution in [2.45, 2.75) is 125 Å². The number of benzene rings is 17. The Morgan fingerprint density at radius 3 is 0.299 bits per heavy atom. The maximum absolute atomic E-state index is 13.4. The van der Waals surface area contributed by atoms with Gasteiger partial charge in [-0.05, 0) is 319 Å². The van der Waals surface area contributed by atoms with Crippen LogP contribution < -0.4 is 47.7 Å². The molecule has 3 nitrogen and oxygen atoms in total. The van der Waals surface area contributed by atoms with E-state index in [9.17, 15) is 87.8 Å². The molecule has 0 saturated heterocycles. The molecule has 0 fully saturated rings. The van der Waals surface area contributed by atoms with Crippen molar-refractivity contribution in [3.63, 3.8) is 0 Å². The normalized spacial score (nSPS) is 10.8. The lowest BCUT2D eigenvalue weighted by Gasteiger charge is -2.29. The highest BCUT2D eigenvalue weighted by Gasteiger charge is 2.35. The van der Waals surface area contributed by atoms with Crippen LogP contribution in [0.25, 0.3) is 44.5 Å². The first kappa shape index (κ1) is 115. The van der Waals surface area contributed by atoms with Gasteiger partial charge in [-0.2, -0.15) is 0 Å². The zero-order valence-electron chi connectivity index (χ0n) is 83.5. The van der Waals surface area contributed by atoms with Crippen LogP contribution in [0.3, 0.4) is 0 Å². The minimum absolute atomic E-state index is 0.0692. The molecule has 0 spiro atoms. The van der Waals surface area contributed by atoms with E-state index in [2.05, 4.69) is 288 Å². The van der Waals surface area contributed by atoms with E-state index in [1.165, 1.54) is 245 Å². The van der Waals surface area contributed by atoms with E-state index >= 15 is 0 Å². The Balaban J connectivity index is 0.000000176. The molecule has 17 rings (SSSR count). The van der Waals surface area contributed by atoms with E-state index in [-0.39, 0.29) is 22.3 Å². The standard InChI is InChI=1S/3C24H27P.4C12H5F5.BH3O3/c3*1-16-10-7-11-17(2)22(16)25(23-18(3)12-8-13-19(23)4)24-20(5)14-9-15-21(24)6;4*13-8-7(6-4-2-1-3-5-6)9(14)11(16)12(17)10(8)15;2-1(3)4/h3*7-15H,1-6H3;4*1-5H;2-4H. The summed E-state index contributed by atoms with van der Waals surface area (Å²) in [4.78, 5) is 0. The number of aryl methyl sites for hydroxylation is 18. The highest BCUT2D eigenvalue weighted by Crippen LogP contribution is 2.45. The number of rotatable bonds is 13. The molecule has 0 aliphatic heterocycles. The molecular formula is C120H104BF20O3P3. The Morgan fingerprint density at radius 2 is 0.211 bits per heavy atom. The van der Waals surface area contributed by atoms with Gasteiger partial charge in [-0.15, -0.1) is 0 Å². The molecule has 27 heteroatoms. The first-order chi connectivity index (χ1) is 69.6. The van der Waals surface area contributed by atoms with E-state index in [4.69, 9.17) is 15.1 Å². The topological polar surface area (TPSA) is 60.7 Å². The van der Waals surface area contributed by atoms with Gasteiger partial charge in [0.2, 0.25) is 23.3 Å². The van der Waals surface area contributed by atoms with Crippen molar-refractivity contribution < 1.29 is 103 Å². The maximum atomic E-state index is 13.4. The molecule has 17 aromatic carbocycles. The quantitative estimate of drug-likeness (QED) is 0.0354. The van der Waals surface area contributed by atoms with Gasteiger partial charge in [-0.3, -0.25) is 0 Å². The third-order valence-electron chi connectivity index (χ3n) is 24.1. The molecule has 0 atom stereocenters. The lowest BCUT2D eigenvalue weighted by molar-refractivity contribution is 0.278. The van der Waals surface area contributed by atoms with E-state index in [0.29, 0.717) is 0 Å². The molecule has 17 aromatic rings. The average Bonchev–Trinajstić information content (AvgIpc) is 0.760. The summed E-state index contributed by atoms with van der Waals surface area (Å²) in [7, 11) is -3.88. The number of hydrogen-bond acceptors (Lipinski definition) is 3. The summed E-state index contributed by atoms with van der Waals surface area (Å²) in [6, 6.07) is 88.2. The minimum atomic E-state index is -2.17. The van der Waals surface area contributed by atoms with Crippen molar-refractivity contribution in [3.05, 3.63) is 502 Å². The molecule has 147 heavy (non-hydrogen) atoms.